The number of hydrogen-bond acceptors (Lipinski definition) is 2. The zero-order valence-corrected chi connectivity index (χ0v) is 28.7. The van der Waals surface area contributed by atoms with Crippen LogP contribution < -0.4 is 36.6 Å². The van der Waals surface area contributed by atoms with Crippen molar-refractivity contribution in [1.29, 1.82) is 0 Å². The second-order valence-corrected chi connectivity index (χ2v) is 18.4. The van der Waals surface area contributed by atoms with Crippen LogP contribution in [-0.4, -0.2) is 14.8 Å². The molecule has 10 rings (SSSR count). The van der Waals surface area contributed by atoms with Crippen LogP contribution in [0.1, 0.15) is 22.6 Å². The van der Waals surface area contributed by atoms with Crippen molar-refractivity contribution in [3.63, 3.8) is 0 Å². The minimum Gasteiger partial charge on any atom is -0.311 e. The summed E-state index contributed by atoms with van der Waals surface area (Å²) in [5.41, 5.74) is 15.7. The van der Waals surface area contributed by atoms with Gasteiger partial charge in [0.05, 0.1) is 0 Å². The Morgan fingerprint density at radius 3 is 1.55 bits per heavy atom. The second-order valence-electron chi connectivity index (χ2n) is 14.1. The van der Waals surface area contributed by atoms with Crippen LogP contribution >= 0.6 is 0 Å². The molecule has 7 aromatic rings. The summed E-state index contributed by atoms with van der Waals surface area (Å²) in [5, 5.41) is 3.10. The lowest BCUT2D eigenvalue weighted by atomic mass is 9.33. The van der Waals surface area contributed by atoms with Crippen molar-refractivity contribution in [1.82, 2.24) is 0 Å². The molecule has 2 nitrogen and oxygen atoms in total. The molecule has 4 heteroatoms. The maximum absolute atomic E-state index is 2.56. The van der Waals surface area contributed by atoms with E-state index < -0.39 is 8.07 Å². The molecule has 0 radical (unpaired) electrons. The molecule has 3 aliphatic heterocycles. The second kappa shape index (κ2) is 10.7. The van der Waals surface area contributed by atoms with Gasteiger partial charge >= 0.3 is 0 Å². The fourth-order valence-electron chi connectivity index (χ4n) is 9.11. The molecule has 3 heterocycles. The molecule has 0 spiro atoms. The topological polar surface area (TPSA) is 6.48 Å². The van der Waals surface area contributed by atoms with Crippen molar-refractivity contribution in [2.24, 2.45) is 0 Å². The molecule has 0 saturated heterocycles. The number of hydrogen-bond donors (Lipinski definition) is 0. The minimum atomic E-state index is -1.86. The highest BCUT2D eigenvalue weighted by Gasteiger charge is 2.44. The normalized spacial score (nSPS) is 15.1. The Hall–Kier alpha value is -5.58. The molecule has 49 heavy (non-hydrogen) atoms. The van der Waals surface area contributed by atoms with Crippen LogP contribution in [-0.2, 0) is 0 Å². The predicted molar refractivity (Wildman–Crippen MR) is 211 cm³/mol. The Morgan fingerprint density at radius 2 is 0.939 bits per heavy atom. The molecule has 0 N–H and O–H groups in total. The molecule has 0 fully saturated rings. The van der Waals surface area contributed by atoms with E-state index in [9.17, 15) is 0 Å². The van der Waals surface area contributed by atoms with Gasteiger partial charge in [-0.2, -0.15) is 0 Å². The molecule has 7 aromatic carbocycles. The van der Waals surface area contributed by atoms with Gasteiger partial charge in [0.1, 0.15) is 8.07 Å². The molecular formula is C45H35BN2Si. The quantitative estimate of drug-likeness (QED) is 0.180. The molecule has 232 valence electrons. The summed E-state index contributed by atoms with van der Waals surface area (Å²) in [6, 6.07) is 63.5. The van der Waals surface area contributed by atoms with E-state index in [2.05, 4.69) is 193 Å². The van der Waals surface area contributed by atoms with Crippen molar-refractivity contribution < 1.29 is 0 Å². The van der Waals surface area contributed by atoms with Crippen LogP contribution in [0.4, 0.5) is 34.1 Å². The zero-order valence-electron chi connectivity index (χ0n) is 27.7. The number of benzene rings is 7. The minimum absolute atomic E-state index is 0.0946. The fourth-order valence-corrected chi connectivity index (χ4v) is 12.3. The van der Waals surface area contributed by atoms with Gasteiger partial charge in [0.25, 0.3) is 6.71 Å². The van der Waals surface area contributed by atoms with E-state index in [1.807, 2.05) is 0 Å². The van der Waals surface area contributed by atoms with E-state index in [1.165, 1.54) is 67.2 Å². The zero-order chi connectivity index (χ0) is 32.7. The maximum Gasteiger partial charge on any atom is 0.252 e. The standard InChI is InChI=1S/C45H35BN2Si/c1-49(2)42-26-13-9-20-34(42)44(35-21-10-14-27-43(35)49)31-28-29-39-37(30-31)46-36-22-11-12-23-38(36)47(32-16-5-3-6-17-32)40-24-15-25-41(45(40)46)48(39)33-18-7-4-8-19-33/h3-30,44H,1-2H3. The molecule has 0 amide bonds. The van der Waals surface area contributed by atoms with E-state index in [-0.39, 0.29) is 12.6 Å². The molecule has 0 aliphatic carbocycles. The van der Waals surface area contributed by atoms with E-state index >= 15 is 0 Å². The number of para-hydroxylation sites is 3. The summed E-state index contributed by atoms with van der Waals surface area (Å²) in [6.45, 7) is 5.13. The summed E-state index contributed by atoms with van der Waals surface area (Å²) < 4.78 is 0. The van der Waals surface area contributed by atoms with Gasteiger partial charge in [0.2, 0.25) is 0 Å². The van der Waals surface area contributed by atoms with Crippen LogP contribution in [0, 0.1) is 0 Å². The van der Waals surface area contributed by atoms with Gasteiger partial charge in [-0.1, -0.05) is 145 Å². The van der Waals surface area contributed by atoms with Crippen molar-refractivity contribution in [2.75, 3.05) is 9.80 Å². The van der Waals surface area contributed by atoms with Gasteiger partial charge in [-0.3, -0.25) is 0 Å². The van der Waals surface area contributed by atoms with Gasteiger partial charge in [0, 0.05) is 40.0 Å². The number of anilines is 6. The average molecular weight is 643 g/mol. The Morgan fingerprint density at radius 1 is 0.449 bits per heavy atom. The van der Waals surface area contributed by atoms with Crippen LogP contribution in [0.25, 0.3) is 0 Å². The van der Waals surface area contributed by atoms with Crippen molar-refractivity contribution >= 4 is 75.7 Å². The summed E-state index contributed by atoms with van der Waals surface area (Å²) in [6.07, 6.45) is 0. The van der Waals surface area contributed by atoms with Gasteiger partial charge in [-0.05, 0) is 81.6 Å². The fraction of sp³-hybridized carbons (Fsp3) is 0.0667. The van der Waals surface area contributed by atoms with Crippen LogP contribution in [0.2, 0.25) is 13.1 Å². The molecular weight excluding hydrogens is 607 g/mol. The number of nitrogens with zero attached hydrogens (tertiary/aromatic N) is 2. The van der Waals surface area contributed by atoms with Crippen LogP contribution in [0.3, 0.4) is 0 Å². The highest BCUT2D eigenvalue weighted by Crippen LogP contribution is 2.44. The molecule has 0 saturated carbocycles. The van der Waals surface area contributed by atoms with Gasteiger partial charge in [-0.25, -0.2) is 0 Å². The Labute approximate surface area is 290 Å². The maximum atomic E-state index is 2.56. The van der Waals surface area contributed by atoms with Crippen molar-refractivity contribution in [3.8, 4) is 0 Å². The van der Waals surface area contributed by atoms with E-state index in [1.54, 1.807) is 10.4 Å². The highest BCUT2D eigenvalue weighted by molar-refractivity contribution is 7.01. The third kappa shape index (κ3) is 4.07. The lowest BCUT2D eigenvalue weighted by Crippen LogP contribution is -2.61. The molecule has 0 bridgehead atoms. The smallest absolute Gasteiger partial charge is 0.252 e. The number of fused-ring (bicyclic) bond motifs is 6. The third-order valence-electron chi connectivity index (χ3n) is 11.2. The van der Waals surface area contributed by atoms with Gasteiger partial charge in [0.15, 0.2) is 0 Å². The van der Waals surface area contributed by atoms with E-state index in [0.29, 0.717) is 0 Å². The number of rotatable bonds is 3. The Balaban J connectivity index is 1.26. The molecule has 3 aliphatic rings. The summed E-state index contributed by atoms with van der Waals surface area (Å²) in [7, 11) is -1.86. The monoisotopic (exact) mass is 642 g/mol. The van der Waals surface area contributed by atoms with Crippen molar-refractivity contribution in [2.45, 2.75) is 19.0 Å². The SMILES string of the molecule is C[Si]1(C)c2ccccc2C(c2ccc3c(c2)B2c4ccccc4N(c4ccccc4)c4cccc(c42)N3c2ccccc2)c2ccccc21. The van der Waals surface area contributed by atoms with Crippen LogP contribution in [0.15, 0.2) is 170 Å². The highest BCUT2D eigenvalue weighted by atomic mass is 28.3. The summed E-state index contributed by atoms with van der Waals surface area (Å²) >= 11 is 0. The predicted octanol–water partition coefficient (Wildman–Crippen LogP) is 8.09. The lowest BCUT2D eigenvalue weighted by molar-refractivity contribution is 0.984. The largest absolute Gasteiger partial charge is 0.311 e. The summed E-state index contributed by atoms with van der Waals surface area (Å²) in [5.74, 6) is 0.180. The van der Waals surface area contributed by atoms with Crippen LogP contribution in [0.5, 0.6) is 0 Å². The van der Waals surface area contributed by atoms with Gasteiger partial charge in [-0.15, -0.1) is 0 Å². The Bertz CT molecular complexity index is 2340. The van der Waals surface area contributed by atoms with E-state index in [0.717, 1.165) is 0 Å². The first-order valence-corrected chi connectivity index (χ1v) is 20.4. The van der Waals surface area contributed by atoms with Gasteiger partial charge < -0.3 is 9.80 Å². The first kappa shape index (κ1) is 28.4. The third-order valence-corrected chi connectivity index (χ3v) is 14.8. The molecule has 0 atom stereocenters. The first-order chi connectivity index (χ1) is 24.1. The average Bonchev–Trinajstić information content (AvgIpc) is 3.15. The Kier molecular flexibility index (Phi) is 6.22. The molecule has 0 unspecified atom stereocenters. The lowest BCUT2D eigenvalue weighted by Gasteiger charge is -2.44. The first-order valence-electron chi connectivity index (χ1n) is 17.4. The van der Waals surface area contributed by atoms with Crippen molar-refractivity contribution in [3.05, 3.63) is 187 Å². The summed E-state index contributed by atoms with van der Waals surface area (Å²) in [4.78, 5) is 4.95. The molecule has 0 aromatic heterocycles. The van der Waals surface area contributed by atoms with E-state index in [4.69, 9.17) is 0 Å².